The van der Waals surface area contributed by atoms with Crippen LogP contribution in [0.2, 0.25) is 0 Å². The normalized spacial score (nSPS) is 10.6. The smallest absolute Gasteiger partial charge is 0.254 e. The third-order valence-corrected chi connectivity index (χ3v) is 4.45. The predicted octanol–water partition coefficient (Wildman–Crippen LogP) is 5.31. The van der Waals surface area contributed by atoms with Gasteiger partial charge in [0.15, 0.2) is 0 Å². The van der Waals surface area contributed by atoms with Crippen LogP contribution in [0.3, 0.4) is 0 Å². The second kappa shape index (κ2) is 12.6. The van der Waals surface area contributed by atoms with E-state index < -0.39 is 0 Å². The van der Waals surface area contributed by atoms with Crippen LogP contribution in [0.5, 0.6) is 11.5 Å². The summed E-state index contributed by atoms with van der Waals surface area (Å²) < 4.78 is 10.6. The number of carbonyl (C=O) groups excluding carboxylic acids is 1. The van der Waals surface area contributed by atoms with Crippen molar-refractivity contribution in [2.75, 3.05) is 27.3 Å². The van der Waals surface area contributed by atoms with Crippen LogP contribution in [-0.4, -0.2) is 38.1 Å². The highest BCUT2D eigenvalue weighted by atomic mass is 16.5. The summed E-state index contributed by atoms with van der Waals surface area (Å²) in [7, 11) is 3.21. The predicted molar refractivity (Wildman–Crippen MR) is 104 cm³/mol. The molecule has 0 aliphatic rings. The van der Waals surface area contributed by atoms with Gasteiger partial charge in [-0.05, 0) is 25.0 Å². The molecule has 25 heavy (non-hydrogen) atoms. The Morgan fingerprint density at radius 2 is 1.28 bits per heavy atom. The average molecular weight is 350 g/mol. The van der Waals surface area contributed by atoms with Crippen LogP contribution < -0.4 is 9.47 Å². The van der Waals surface area contributed by atoms with E-state index in [1.54, 1.807) is 32.4 Å². The van der Waals surface area contributed by atoms with Gasteiger partial charge in [0.2, 0.25) is 0 Å². The molecular formula is C21H35NO3. The summed E-state index contributed by atoms with van der Waals surface area (Å²) in [6.45, 7) is 6.06. The van der Waals surface area contributed by atoms with Gasteiger partial charge in [-0.15, -0.1) is 0 Å². The van der Waals surface area contributed by atoms with Gasteiger partial charge >= 0.3 is 0 Å². The SMILES string of the molecule is CCCCCCN(CCCCCC)C(=O)c1cc(OC)cc(OC)c1. The Morgan fingerprint density at radius 3 is 1.68 bits per heavy atom. The van der Waals surface area contributed by atoms with Crippen LogP contribution in [-0.2, 0) is 0 Å². The molecule has 0 N–H and O–H groups in total. The lowest BCUT2D eigenvalue weighted by molar-refractivity contribution is 0.0748. The van der Waals surface area contributed by atoms with Gasteiger partial charge < -0.3 is 14.4 Å². The Kier molecular flexibility index (Phi) is 10.8. The number of hydrogen-bond donors (Lipinski definition) is 0. The number of benzene rings is 1. The first kappa shape index (κ1) is 21.3. The van der Waals surface area contributed by atoms with E-state index in [1.807, 2.05) is 4.90 Å². The Hall–Kier alpha value is -1.71. The number of rotatable bonds is 13. The fourth-order valence-corrected chi connectivity index (χ4v) is 2.89. The molecule has 0 aliphatic carbocycles. The highest BCUT2D eigenvalue weighted by Gasteiger charge is 2.17. The van der Waals surface area contributed by atoms with E-state index in [1.165, 1.54) is 38.5 Å². The summed E-state index contributed by atoms with van der Waals surface area (Å²) >= 11 is 0. The molecule has 0 spiro atoms. The molecule has 142 valence electrons. The number of hydrogen-bond acceptors (Lipinski definition) is 3. The van der Waals surface area contributed by atoms with E-state index in [9.17, 15) is 4.79 Å². The van der Waals surface area contributed by atoms with Crippen molar-refractivity contribution >= 4 is 5.91 Å². The zero-order chi connectivity index (χ0) is 18.5. The Bertz CT molecular complexity index is 468. The van der Waals surface area contributed by atoms with Crippen LogP contribution in [0.4, 0.5) is 0 Å². The van der Waals surface area contributed by atoms with Crippen molar-refractivity contribution in [3.05, 3.63) is 23.8 Å². The molecule has 0 aliphatic heterocycles. The van der Waals surface area contributed by atoms with E-state index in [4.69, 9.17) is 9.47 Å². The van der Waals surface area contributed by atoms with Crippen molar-refractivity contribution in [2.45, 2.75) is 65.2 Å². The molecule has 0 aromatic heterocycles. The minimum Gasteiger partial charge on any atom is -0.497 e. The van der Waals surface area contributed by atoms with Crippen LogP contribution >= 0.6 is 0 Å². The van der Waals surface area contributed by atoms with E-state index in [0.717, 1.165) is 25.9 Å². The molecular weight excluding hydrogens is 314 g/mol. The summed E-state index contributed by atoms with van der Waals surface area (Å²) in [5.41, 5.74) is 0.641. The van der Waals surface area contributed by atoms with Crippen molar-refractivity contribution in [1.82, 2.24) is 4.90 Å². The van der Waals surface area contributed by atoms with Crippen LogP contribution in [0.15, 0.2) is 18.2 Å². The van der Waals surface area contributed by atoms with E-state index in [-0.39, 0.29) is 5.91 Å². The standard InChI is InChI=1S/C21H35NO3/c1-5-7-9-11-13-22(14-12-10-8-6-2)21(23)18-15-19(24-3)17-20(16-18)25-4/h15-17H,5-14H2,1-4H3. The zero-order valence-electron chi connectivity index (χ0n) is 16.5. The fourth-order valence-electron chi connectivity index (χ4n) is 2.89. The van der Waals surface area contributed by atoms with Gasteiger partial charge in [0.1, 0.15) is 11.5 Å². The highest BCUT2D eigenvalue weighted by molar-refractivity contribution is 5.95. The quantitative estimate of drug-likeness (QED) is 0.453. The maximum absolute atomic E-state index is 13.0. The summed E-state index contributed by atoms with van der Waals surface area (Å²) in [5, 5.41) is 0. The number of unbranched alkanes of at least 4 members (excludes halogenated alkanes) is 6. The lowest BCUT2D eigenvalue weighted by Gasteiger charge is -2.23. The third-order valence-electron chi connectivity index (χ3n) is 4.45. The first-order valence-corrected chi connectivity index (χ1v) is 9.68. The summed E-state index contributed by atoms with van der Waals surface area (Å²) in [4.78, 5) is 15.0. The molecule has 4 nitrogen and oxygen atoms in total. The molecule has 0 heterocycles. The second-order valence-electron chi connectivity index (χ2n) is 6.51. The average Bonchev–Trinajstić information content (AvgIpc) is 2.65. The Morgan fingerprint density at radius 1 is 0.800 bits per heavy atom. The highest BCUT2D eigenvalue weighted by Crippen LogP contribution is 2.24. The maximum atomic E-state index is 13.0. The second-order valence-corrected chi connectivity index (χ2v) is 6.51. The van der Waals surface area contributed by atoms with E-state index >= 15 is 0 Å². The van der Waals surface area contributed by atoms with Crippen LogP contribution in [0.25, 0.3) is 0 Å². The van der Waals surface area contributed by atoms with Gasteiger partial charge in [-0.3, -0.25) is 4.79 Å². The molecule has 1 aromatic carbocycles. The molecule has 1 amide bonds. The van der Waals surface area contributed by atoms with Crippen molar-refractivity contribution in [3.8, 4) is 11.5 Å². The number of nitrogens with zero attached hydrogens (tertiary/aromatic N) is 1. The molecule has 4 heteroatoms. The molecule has 0 fully saturated rings. The van der Waals surface area contributed by atoms with Gasteiger partial charge in [0.05, 0.1) is 14.2 Å². The first-order chi connectivity index (χ1) is 12.2. The Balaban J connectivity index is 2.81. The molecule has 0 saturated carbocycles. The monoisotopic (exact) mass is 349 g/mol. The molecule has 0 bridgehead atoms. The molecule has 1 rings (SSSR count). The van der Waals surface area contributed by atoms with E-state index in [0.29, 0.717) is 17.1 Å². The molecule has 0 radical (unpaired) electrons. The fraction of sp³-hybridized carbons (Fsp3) is 0.667. The van der Waals surface area contributed by atoms with Crippen molar-refractivity contribution < 1.29 is 14.3 Å². The summed E-state index contributed by atoms with van der Waals surface area (Å²) in [6.07, 6.45) is 9.35. The lowest BCUT2D eigenvalue weighted by Crippen LogP contribution is -2.33. The van der Waals surface area contributed by atoms with Gasteiger partial charge in [-0.25, -0.2) is 0 Å². The molecule has 1 aromatic rings. The largest absolute Gasteiger partial charge is 0.497 e. The topological polar surface area (TPSA) is 38.8 Å². The first-order valence-electron chi connectivity index (χ1n) is 9.68. The molecule has 0 saturated heterocycles. The minimum atomic E-state index is 0.0743. The van der Waals surface area contributed by atoms with E-state index in [2.05, 4.69) is 13.8 Å². The van der Waals surface area contributed by atoms with Gasteiger partial charge in [-0.2, -0.15) is 0 Å². The van der Waals surface area contributed by atoms with Gasteiger partial charge in [0.25, 0.3) is 5.91 Å². The zero-order valence-corrected chi connectivity index (χ0v) is 16.5. The van der Waals surface area contributed by atoms with Crippen molar-refractivity contribution in [3.63, 3.8) is 0 Å². The number of methoxy groups -OCH3 is 2. The lowest BCUT2D eigenvalue weighted by atomic mass is 10.1. The minimum absolute atomic E-state index is 0.0743. The molecule has 0 unspecified atom stereocenters. The Labute approximate surface area is 153 Å². The van der Waals surface area contributed by atoms with Crippen LogP contribution in [0, 0.1) is 0 Å². The van der Waals surface area contributed by atoms with Crippen molar-refractivity contribution in [2.24, 2.45) is 0 Å². The summed E-state index contributed by atoms with van der Waals surface area (Å²) in [5.74, 6) is 1.38. The van der Waals surface area contributed by atoms with Crippen molar-refractivity contribution in [1.29, 1.82) is 0 Å². The van der Waals surface area contributed by atoms with Gasteiger partial charge in [0, 0.05) is 24.7 Å². The molecule has 0 atom stereocenters. The number of carbonyl (C=O) groups is 1. The maximum Gasteiger partial charge on any atom is 0.254 e. The number of ether oxygens (including phenoxy) is 2. The van der Waals surface area contributed by atoms with Gasteiger partial charge in [-0.1, -0.05) is 52.4 Å². The summed E-state index contributed by atoms with van der Waals surface area (Å²) in [6, 6.07) is 5.40. The van der Waals surface area contributed by atoms with Crippen LogP contribution in [0.1, 0.15) is 75.6 Å². The number of amides is 1. The third kappa shape index (κ3) is 7.80.